The molecule has 0 saturated heterocycles. The van der Waals surface area contributed by atoms with Crippen LogP contribution in [0.2, 0.25) is 0 Å². The lowest BCUT2D eigenvalue weighted by Gasteiger charge is -2.09. The minimum absolute atomic E-state index is 0.619. The topological polar surface area (TPSA) is 77.3 Å². The average Bonchev–Trinajstić information content (AvgIpc) is 3.62. The van der Waals surface area contributed by atoms with Gasteiger partial charge in [0, 0.05) is 45.0 Å². The van der Waals surface area contributed by atoms with Gasteiger partial charge in [-0.15, -0.1) is 11.3 Å². The molecule has 10 aromatic rings. The van der Waals surface area contributed by atoms with Crippen LogP contribution in [0.1, 0.15) is 0 Å². The first-order valence-corrected chi connectivity index (χ1v) is 18.2. The lowest BCUT2D eigenvalue weighted by Crippen LogP contribution is -2.00. The summed E-state index contributed by atoms with van der Waals surface area (Å²) in [6, 6.07) is 55.7. The summed E-state index contributed by atoms with van der Waals surface area (Å²) >= 11 is 1.63. The van der Waals surface area contributed by atoms with Crippen LogP contribution in [0, 0.1) is 0 Å². The van der Waals surface area contributed by atoms with Crippen LogP contribution in [0.25, 0.3) is 99.1 Å². The first kappa shape index (κ1) is 30.8. The summed E-state index contributed by atoms with van der Waals surface area (Å²) in [7, 11) is 0. The maximum atomic E-state index is 5.22. The summed E-state index contributed by atoms with van der Waals surface area (Å²) in [5.41, 5.74) is 8.66. The summed E-state index contributed by atoms with van der Waals surface area (Å²) in [6.07, 6.45) is 1.94. The number of rotatable bonds is 6. The zero-order valence-electron chi connectivity index (χ0n) is 28.3. The Morgan fingerprint density at radius 3 is 1.51 bits per heavy atom. The molecule has 0 radical (unpaired) electrons. The monoisotopic (exact) mass is 696 g/mol. The van der Waals surface area contributed by atoms with Crippen molar-refractivity contribution in [2.45, 2.75) is 0 Å². The van der Waals surface area contributed by atoms with Crippen LogP contribution in [-0.2, 0) is 0 Å². The molecular formula is C46H28N6S. The van der Waals surface area contributed by atoms with Gasteiger partial charge in [-0.1, -0.05) is 152 Å². The molecule has 53 heavy (non-hydrogen) atoms. The first-order valence-electron chi connectivity index (χ1n) is 17.4. The van der Waals surface area contributed by atoms with Gasteiger partial charge in [0.15, 0.2) is 23.3 Å². The van der Waals surface area contributed by atoms with E-state index in [0.29, 0.717) is 23.3 Å². The molecule has 0 aliphatic heterocycles. The lowest BCUT2D eigenvalue weighted by molar-refractivity contribution is 1.07. The van der Waals surface area contributed by atoms with Crippen molar-refractivity contribution in [2.75, 3.05) is 0 Å². The standard InChI is InChI=1S/C46H28N6S/c1-4-13-31(14-5-1)39-41-40(49-45(48-39)36-25-22-29-12-10-11-19-35(29)26-36)38-27-37(28-47-46(38)53-41)30-20-23-34(24-21-30)44-51-42(32-15-6-2-7-16-32)50-43(52-44)33-17-8-3-9-18-33/h1-28H. The minimum atomic E-state index is 0.619. The van der Waals surface area contributed by atoms with Crippen molar-refractivity contribution in [1.82, 2.24) is 29.9 Å². The Morgan fingerprint density at radius 2 is 0.868 bits per heavy atom. The van der Waals surface area contributed by atoms with Gasteiger partial charge in [0.2, 0.25) is 0 Å². The van der Waals surface area contributed by atoms with Gasteiger partial charge in [0.1, 0.15) is 4.83 Å². The van der Waals surface area contributed by atoms with Crippen LogP contribution in [0.15, 0.2) is 170 Å². The predicted octanol–water partition coefficient (Wildman–Crippen LogP) is 11.6. The first-order chi connectivity index (χ1) is 26.2. The molecule has 0 amide bonds. The quantitative estimate of drug-likeness (QED) is 0.172. The fourth-order valence-electron chi connectivity index (χ4n) is 6.69. The summed E-state index contributed by atoms with van der Waals surface area (Å²) in [6.45, 7) is 0. The zero-order chi connectivity index (χ0) is 35.1. The molecule has 6 aromatic carbocycles. The predicted molar refractivity (Wildman–Crippen MR) is 216 cm³/mol. The van der Waals surface area contributed by atoms with Crippen molar-refractivity contribution in [1.29, 1.82) is 0 Å². The molecule has 0 spiro atoms. The van der Waals surface area contributed by atoms with Gasteiger partial charge in [-0.2, -0.15) is 0 Å². The Labute approximate surface area is 309 Å². The second-order valence-electron chi connectivity index (χ2n) is 12.8. The molecule has 4 heterocycles. The van der Waals surface area contributed by atoms with Crippen molar-refractivity contribution in [2.24, 2.45) is 0 Å². The van der Waals surface area contributed by atoms with Gasteiger partial charge in [-0.05, 0) is 28.5 Å². The second-order valence-corrected chi connectivity index (χ2v) is 13.8. The molecule has 0 bridgehead atoms. The Bertz CT molecular complexity index is 2870. The van der Waals surface area contributed by atoms with Crippen LogP contribution in [-0.4, -0.2) is 29.9 Å². The minimum Gasteiger partial charge on any atom is -0.245 e. The van der Waals surface area contributed by atoms with Gasteiger partial charge < -0.3 is 0 Å². The molecule has 0 unspecified atom stereocenters. The largest absolute Gasteiger partial charge is 0.245 e. The highest BCUT2D eigenvalue weighted by Crippen LogP contribution is 2.40. The molecule has 0 saturated carbocycles. The van der Waals surface area contributed by atoms with Crippen LogP contribution in [0.3, 0.4) is 0 Å². The smallest absolute Gasteiger partial charge is 0.164 e. The maximum absolute atomic E-state index is 5.22. The van der Waals surface area contributed by atoms with Gasteiger partial charge in [0.05, 0.1) is 15.9 Å². The van der Waals surface area contributed by atoms with E-state index < -0.39 is 0 Å². The van der Waals surface area contributed by atoms with Gasteiger partial charge in [0.25, 0.3) is 0 Å². The average molecular weight is 697 g/mol. The molecule has 6 nitrogen and oxygen atoms in total. The van der Waals surface area contributed by atoms with Crippen LogP contribution in [0.5, 0.6) is 0 Å². The van der Waals surface area contributed by atoms with E-state index in [1.165, 1.54) is 5.39 Å². The van der Waals surface area contributed by atoms with Gasteiger partial charge in [-0.25, -0.2) is 29.9 Å². The van der Waals surface area contributed by atoms with Crippen molar-refractivity contribution >= 4 is 42.5 Å². The number of fused-ring (bicyclic) bond motifs is 4. The van der Waals surface area contributed by atoms with E-state index in [1.54, 1.807) is 11.3 Å². The van der Waals surface area contributed by atoms with E-state index in [1.807, 2.05) is 85.1 Å². The Hall–Kier alpha value is -6.96. The van der Waals surface area contributed by atoms with E-state index in [0.717, 1.165) is 70.5 Å². The van der Waals surface area contributed by atoms with Crippen LogP contribution < -0.4 is 0 Å². The third-order valence-electron chi connectivity index (χ3n) is 9.40. The normalized spacial score (nSPS) is 11.4. The summed E-state index contributed by atoms with van der Waals surface area (Å²) < 4.78 is 1.02. The fourth-order valence-corrected chi connectivity index (χ4v) is 7.76. The summed E-state index contributed by atoms with van der Waals surface area (Å²) in [4.78, 5) is 30.9. The van der Waals surface area contributed by atoms with Crippen molar-refractivity contribution in [3.8, 4) is 67.9 Å². The fraction of sp³-hybridized carbons (Fsp3) is 0. The SMILES string of the molecule is c1ccc(-c2nc(-c3ccccc3)nc(-c3ccc(-c4cnc5sc6c(-c7ccccc7)nc(-c7ccc8ccccc8c7)nc6c5c4)cc3)n2)cc1. The number of aromatic nitrogens is 6. The lowest BCUT2D eigenvalue weighted by atomic mass is 10.0. The second kappa shape index (κ2) is 13.0. The third kappa shape index (κ3) is 5.79. The van der Waals surface area contributed by atoms with Crippen LogP contribution in [0.4, 0.5) is 0 Å². The van der Waals surface area contributed by atoms with E-state index in [9.17, 15) is 0 Å². The van der Waals surface area contributed by atoms with Crippen LogP contribution >= 0.6 is 11.3 Å². The molecule has 0 fully saturated rings. The number of nitrogens with zero attached hydrogens (tertiary/aromatic N) is 6. The van der Waals surface area contributed by atoms with E-state index in [2.05, 4.69) is 84.9 Å². The van der Waals surface area contributed by atoms with E-state index >= 15 is 0 Å². The zero-order valence-corrected chi connectivity index (χ0v) is 29.1. The number of benzene rings is 6. The summed E-state index contributed by atoms with van der Waals surface area (Å²) in [5, 5.41) is 3.35. The maximum Gasteiger partial charge on any atom is 0.164 e. The number of hydrogen-bond acceptors (Lipinski definition) is 7. The van der Waals surface area contributed by atoms with Gasteiger partial charge >= 0.3 is 0 Å². The van der Waals surface area contributed by atoms with Gasteiger partial charge in [-0.3, -0.25) is 0 Å². The molecular weight excluding hydrogens is 669 g/mol. The Morgan fingerprint density at radius 1 is 0.358 bits per heavy atom. The number of hydrogen-bond donors (Lipinski definition) is 0. The molecule has 10 rings (SSSR count). The highest BCUT2D eigenvalue weighted by Gasteiger charge is 2.19. The number of pyridine rings is 1. The molecule has 7 heteroatoms. The molecule has 0 aliphatic rings. The molecule has 4 aromatic heterocycles. The third-order valence-corrected chi connectivity index (χ3v) is 10.5. The molecule has 0 aliphatic carbocycles. The van der Waals surface area contributed by atoms with E-state index in [-0.39, 0.29) is 0 Å². The molecule has 0 N–H and O–H groups in total. The molecule has 0 atom stereocenters. The molecule has 248 valence electrons. The Kier molecular flexibility index (Phi) is 7.55. The summed E-state index contributed by atoms with van der Waals surface area (Å²) in [5.74, 6) is 2.58. The van der Waals surface area contributed by atoms with Crippen molar-refractivity contribution in [3.05, 3.63) is 170 Å². The highest BCUT2D eigenvalue weighted by atomic mass is 32.1. The number of thiophene rings is 1. The van der Waals surface area contributed by atoms with Crippen molar-refractivity contribution in [3.63, 3.8) is 0 Å². The Balaban J connectivity index is 1.07. The van der Waals surface area contributed by atoms with Crippen molar-refractivity contribution < 1.29 is 0 Å². The highest BCUT2D eigenvalue weighted by molar-refractivity contribution is 7.25. The van der Waals surface area contributed by atoms with E-state index in [4.69, 9.17) is 29.9 Å².